The first-order valence-corrected chi connectivity index (χ1v) is 6.85. The monoisotopic (exact) mass is 282 g/mol. The van der Waals surface area contributed by atoms with Crippen LogP contribution in [0.15, 0.2) is 0 Å². The van der Waals surface area contributed by atoms with Crippen LogP contribution in [0.4, 0.5) is 5.69 Å². The Hall–Kier alpha value is -1.92. The number of nitrogens with zero attached hydrogens (tertiary/aromatic N) is 3. The van der Waals surface area contributed by atoms with Gasteiger partial charge in [-0.3, -0.25) is 19.6 Å². The van der Waals surface area contributed by atoms with Crippen molar-refractivity contribution in [1.29, 1.82) is 0 Å². The molecule has 0 aromatic carbocycles. The molecule has 7 nitrogen and oxygen atoms in total. The molecule has 1 aromatic rings. The molecule has 0 fully saturated rings. The summed E-state index contributed by atoms with van der Waals surface area (Å²) < 4.78 is 1.38. The molecule has 0 aliphatic heterocycles. The Morgan fingerprint density at radius 1 is 1.40 bits per heavy atom. The molecule has 0 radical (unpaired) electrons. The molecule has 0 spiro atoms. The number of nitrogens with one attached hydrogen (secondary N) is 1. The Bertz CT molecular complexity index is 492. The Labute approximate surface area is 118 Å². The first kappa shape index (κ1) is 16.1. The summed E-state index contributed by atoms with van der Waals surface area (Å²) in [7, 11) is 0. The summed E-state index contributed by atoms with van der Waals surface area (Å²) in [6, 6.07) is 0. The van der Waals surface area contributed by atoms with Crippen molar-refractivity contribution in [2.45, 2.75) is 47.1 Å². The fraction of sp³-hybridized carbons (Fsp3) is 0.692. The Morgan fingerprint density at radius 3 is 2.45 bits per heavy atom. The highest BCUT2D eigenvalue weighted by Crippen LogP contribution is 2.21. The van der Waals surface area contributed by atoms with Gasteiger partial charge in [0.1, 0.15) is 17.9 Å². The molecule has 0 aliphatic rings. The average Bonchev–Trinajstić information content (AvgIpc) is 2.65. The fourth-order valence-corrected chi connectivity index (χ4v) is 2.13. The van der Waals surface area contributed by atoms with Crippen molar-refractivity contribution >= 4 is 11.6 Å². The number of carbonyl (C=O) groups excluding carboxylic acids is 1. The minimum atomic E-state index is -0.462. The van der Waals surface area contributed by atoms with E-state index >= 15 is 0 Å². The Morgan fingerprint density at radius 2 is 2.00 bits per heavy atom. The van der Waals surface area contributed by atoms with E-state index < -0.39 is 4.92 Å². The maximum absolute atomic E-state index is 11.8. The zero-order chi connectivity index (χ0) is 15.3. The number of aromatic nitrogens is 2. The summed E-state index contributed by atoms with van der Waals surface area (Å²) in [6.45, 7) is 8.00. The van der Waals surface area contributed by atoms with E-state index in [1.54, 1.807) is 13.8 Å². The molecule has 0 aliphatic carbocycles. The molecule has 1 rings (SSSR count). The largest absolute Gasteiger partial charge is 0.354 e. The highest BCUT2D eigenvalue weighted by atomic mass is 16.6. The van der Waals surface area contributed by atoms with Crippen molar-refractivity contribution in [3.63, 3.8) is 0 Å². The number of nitro groups is 1. The van der Waals surface area contributed by atoms with E-state index in [2.05, 4.69) is 24.3 Å². The summed E-state index contributed by atoms with van der Waals surface area (Å²) >= 11 is 0. The van der Waals surface area contributed by atoms with Gasteiger partial charge in [-0.1, -0.05) is 26.7 Å². The predicted molar refractivity (Wildman–Crippen MR) is 75.4 cm³/mol. The van der Waals surface area contributed by atoms with Gasteiger partial charge in [0.15, 0.2) is 0 Å². The summed E-state index contributed by atoms with van der Waals surface area (Å²) in [6.07, 6.45) is 2.03. The quantitative estimate of drug-likeness (QED) is 0.611. The number of carbonyl (C=O) groups is 1. The van der Waals surface area contributed by atoms with Gasteiger partial charge in [0.05, 0.1) is 4.92 Å². The van der Waals surface area contributed by atoms with Gasteiger partial charge in [-0.05, 0) is 19.8 Å². The van der Waals surface area contributed by atoms with E-state index in [1.807, 2.05) is 0 Å². The first-order valence-electron chi connectivity index (χ1n) is 6.85. The lowest BCUT2D eigenvalue weighted by atomic mass is 10.0. The third-order valence-electron chi connectivity index (χ3n) is 3.56. The molecule has 7 heteroatoms. The maximum atomic E-state index is 11.8. The van der Waals surface area contributed by atoms with Crippen LogP contribution >= 0.6 is 0 Å². The molecule has 0 saturated carbocycles. The molecule has 20 heavy (non-hydrogen) atoms. The molecule has 0 bridgehead atoms. The standard InChI is InChI=1S/C13H22N4O3/c1-5-11(6-2)7-14-12(18)8-16-10(4)13(17(19)20)9(3)15-16/h11H,5-8H2,1-4H3,(H,14,18). The third-order valence-corrected chi connectivity index (χ3v) is 3.56. The van der Waals surface area contributed by atoms with Gasteiger partial charge in [-0.2, -0.15) is 5.10 Å². The minimum Gasteiger partial charge on any atom is -0.354 e. The van der Waals surface area contributed by atoms with Crippen molar-refractivity contribution in [3.05, 3.63) is 21.5 Å². The normalized spacial score (nSPS) is 10.8. The van der Waals surface area contributed by atoms with Crippen molar-refractivity contribution < 1.29 is 9.72 Å². The van der Waals surface area contributed by atoms with Crippen molar-refractivity contribution in [3.8, 4) is 0 Å². The van der Waals surface area contributed by atoms with E-state index in [0.717, 1.165) is 12.8 Å². The molecule has 0 saturated heterocycles. The Kier molecular flexibility index (Phi) is 5.66. The van der Waals surface area contributed by atoms with Crippen LogP contribution in [0.1, 0.15) is 38.1 Å². The van der Waals surface area contributed by atoms with Crippen molar-refractivity contribution in [2.24, 2.45) is 5.92 Å². The molecule has 1 N–H and O–H groups in total. The molecule has 1 aromatic heterocycles. The van der Waals surface area contributed by atoms with Crippen LogP contribution in [-0.2, 0) is 11.3 Å². The van der Waals surface area contributed by atoms with Gasteiger partial charge in [-0.15, -0.1) is 0 Å². The molecule has 0 atom stereocenters. The summed E-state index contributed by atoms with van der Waals surface area (Å²) in [5.74, 6) is 0.297. The summed E-state index contributed by atoms with van der Waals surface area (Å²) in [4.78, 5) is 22.3. The molecule has 0 unspecified atom stereocenters. The number of aryl methyl sites for hydroxylation is 1. The highest BCUT2D eigenvalue weighted by Gasteiger charge is 2.22. The van der Waals surface area contributed by atoms with Gasteiger partial charge in [-0.25, -0.2) is 0 Å². The third kappa shape index (κ3) is 3.79. The fourth-order valence-electron chi connectivity index (χ4n) is 2.13. The number of hydrogen-bond acceptors (Lipinski definition) is 4. The minimum absolute atomic E-state index is 0.0145. The van der Waals surface area contributed by atoms with E-state index in [0.29, 0.717) is 23.9 Å². The zero-order valence-electron chi connectivity index (χ0n) is 12.5. The van der Waals surface area contributed by atoms with Gasteiger partial charge in [0, 0.05) is 6.54 Å². The van der Waals surface area contributed by atoms with Crippen LogP contribution in [0.2, 0.25) is 0 Å². The second kappa shape index (κ2) is 7.02. The summed E-state index contributed by atoms with van der Waals surface area (Å²) in [5.41, 5.74) is 0.725. The van der Waals surface area contributed by atoms with Crippen LogP contribution < -0.4 is 5.32 Å². The van der Waals surface area contributed by atoms with Crippen LogP contribution in [0.25, 0.3) is 0 Å². The van der Waals surface area contributed by atoms with Crippen LogP contribution in [0.3, 0.4) is 0 Å². The molecular weight excluding hydrogens is 260 g/mol. The average molecular weight is 282 g/mol. The first-order chi connectivity index (χ1) is 9.40. The van der Waals surface area contributed by atoms with Gasteiger partial charge >= 0.3 is 5.69 Å². The highest BCUT2D eigenvalue weighted by molar-refractivity contribution is 5.75. The number of amides is 1. The second-order valence-corrected chi connectivity index (χ2v) is 4.92. The van der Waals surface area contributed by atoms with Crippen molar-refractivity contribution in [1.82, 2.24) is 15.1 Å². The van der Waals surface area contributed by atoms with E-state index in [-0.39, 0.29) is 18.1 Å². The van der Waals surface area contributed by atoms with E-state index in [9.17, 15) is 14.9 Å². The SMILES string of the molecule is CCC(CC)CNC(=O)Cn1nc(C)c([N+](=O)[O-])c1C. The van der Waals surface area contributed by atoms with Gasteiger partial charge < -0.3 is 5.32 Å². The smallest absolute Gasteiger partial charge is 0.312 e. The zero-order valence-corrected chi connectivity index (χ0v) is 12.5. The Balaban J connectivity index is 2.67. The van der Waals surface area contributed by atoms with Gasteiger partial charge in [0.2, 0.25) is 5.91 Å². The van der Waals surface area contributed by atoms with E-state index in [1.165, 1.54) is 4.68 Å². The van der Waals surface area contributed by atoms with Crippen LogP contribution in [-0.4, -0.2) is 27.2 Å². The molecular formula is C13H22N4O3. The second-order valence-electron chi connectivity index (χ2n) is 4.92. The maximum Gasteiger partial charge on any atom is 0.312 e. The van der Waals surface area contributed by atoms with Crippen LogP contribution in [0.5, 0.6) is 0 Å². The molecule has 1 amide bonds. The molecule has 112 valence electrons. The summed E-state index contributed by atoms with van der Waals surface area (Å²) in [5, 5.41) is 17.8. The lowest BCUT2D eigenvalue weighted by Crippen LogP contribution is -2.32. The van der Waals surface area contributed by atoms with Crippen molar-refractivity contribution in [2.75, 3.05) is 6.54 Å². The number of rotatable bonds is 7. The molecule has 1 heterocycles. The number of hydrogen-bond donors (Lipinski definition) is 1. The van der Waals surface area contributed by atoms with Gasteiger partial charge in [0.25, 0.3) is 0 Å². The predicted octanol–water partition coefficient (Wildman–Crippen LogP) is 1.96. The lowest BCUT2D eigenvalue weighted by Gasteiger charge is -2.13. The van der Waals surface area contributed by atoms with Crippen LogP contribution in [0, 0.1) is 29.9 Å². The van der Waals surface area contributed by atoms with E-state index in [4.69, 9.17) is 0 Å². The lowest BCUT2D eigenvalue weighted by molar-refractivity contribution is -0.386. The topological polar surface area (TPSA) is 90.1 Å².